The predicted molar refractivity (Wildman–Crippen MR) is 135 cm³/mol. The maximum atomic E-state index is 11.8. The first-order chi connectivity index (χ1) is 17.1. The number of carbonyl (C=O) groups is 1. The number of hydrogen-bond donors (Lipinski definition) is 2. The minimum Gasteiger partial charge on any atom is -0.387 e. The zero-order valence-corrected chi connectivity index (χ0v) is 19.9. The Bertz CT molecular complexity index is 1410. The Hall–Kier alpha value is -3.52. The Balaban J connectivity index is 1.33. The van der Waals surface area contributed by atoms with Crippen molar-refractivity contribution in [3.63, 3.8) is 0 Å². The fourth-order valence-electron chi connectivity index (χ4n) is 5.64. The molecule has 1 aliphatic carbocycles. The molecule has 8 heteroatoms. The monoisotopic (exact) mass is 470 g/mol. The van der Waals surface area contributed by atoms with Gasteiger partial charge >= 0.3 is 0 Å². The number of amides is 1. The van der Waals surface area contributed by atoms with Crippen molar-refractivity contribution in [3.8, 4) is 0 Å². The molecule has 1 fully saturated rings. The van der Waals surface area contributed by atoms with Crippen molar-refractivity contribution in [2.45, 2.75) is 51.6 Å². The van der Waals surface area contributed by atoms with Gasteiger partial charge in [0.2, 0.25) is 11.9 Å². The van der Waals surface area contributed by atoms with Gasteiger partial charge in [0.1, 0.15) is 18.1 Å². The molecule has 0 saturated heterocycles. The summed E-state index contributed by atoms with van der Waals surface area (Å²) in [5.41, 5.74) is 4.35. The largest absolute Gasteiger partial charge is 0.387 e. The molecule has 1 aromatic carbocycles. The van der Waals surface area contributed by atoms with E-state index in [1.54, 1.807) is 11.1 Å². The first-order valence-corrected chi connectivity index (χ1v) is 12.5. The zero-order chi connectivity index (χ0) is 23.9. The molecule has 8 nitrogen and oxygen atoms in total. The van der Waals surface area contributed by atoms with Gasteiger partial charge in [0, 0.05) is 42.3 Å². The summed E-state index contributed by atoms with van der Waals surface area (Å²) in [6.07, 6.45) is 9.28. The van der Waals surface area contributed by atoms with Crippen LogP contribution in [0.3, 0.4) is 0 Å². The average molecular weight is 471 g/mol. The maximum absolute atomic E-state index is 11.8. The van der Waals surface area contributed by atoms with Crippen molar-refractivity contribution in [1.29, 1.82) is 0 Å². The number of aromatic nitrogens is 4. The normalized spacial score (nSPS) is 20.2. The minimum atomic E-state index is -0.459. The number of nitrogens with one attached hydrogen (secondary N) is 1. The number of hydrogen-bond acceptors (Lipinski definition) is 6. The van der Waals surface area contributed by atoms with Gasteiger partial charge in [-0.1, -0.05) is 25.1 Å². The quantitative estimate of drug-likeness (QED) is 0.460. The molecule has 0 radical (unpaired) electrons. The van der Waals surface area contributed by atoms with Crippen LogP contribution in [0.5, 0.6) is 0 Å². The highest BCUT2D eigenvalue weighted by Crippen LogP contribution is 2.38. The summed E-state index contributed by atoms with van der Waals surface area (Å²) >= 11 is 0. The Kier molecular flexibility index (Phi) is 5.60. The molecule has 180 valence electrons. The Morgan fingerprint density at radius 3 is 2.74 bits per heavy atom. The number of pyridine rings is 1. The van der Waals surface area contributed by atoms with Crippen molar-refractivity contribution >= 4 is 39.6 Å². The van der Waals surface area contributed by atoms with Gasteiger partial charge in [-0.25, -0.2) is 9.97 Å². The Labute approximate surface area is 204 Å². The number of benzene rings is 1. The highest BCUT2D eigenvalue weighted by atomic mass is 16.3. The number of anilines is 2. The van der Waals surface area contributed by atoms with Crippen LogP contribution in [0.1, 0.15) is 49.8 Å². The molecule has 0 bridgehead atoms. The molecule has 1 aliphatic heterocycles. The van der Waals surface area contributed by atoms with E-state index in [1.165, 1.54) is 36.6 Å². The fourth-order valence-corrected chi connectivity index (χ4v) is 5.64. The maximum Gasteiger partial charge on any atom is 0.248 e. The molecule has 6 rings (SSSR count). The standard InChI is InChI=1S/C27H30N6O2/c1-17-6-8-20(9-7-17)33-23-5-3-2-4-21(23)22-14-29-27(31-26(22)33)30-24-12-18-10-11-32(25(35)16-34)15-19(18)13-28-24/h2-5,12-14,17,20,34H,6-11,15-16H2,1H3,(H,28,29,30,31)/t17-,20-. The van der Waals surface area contributed by atoms with E-state index in [2.05, 4.69) is 51.0 Å². The first-order valence-electron chi connectivity index (χ1n) is 12.5. The SMILES string of the molecule is C[C@H]1CC[C@H](n2c3ccccc3c3cnc(Nc4cc5c(cn4)CN(C(=O)CO)CC5)nc32)CC1. The summed E-state index contributed by atoms with van der Waals surface area (Å²) in [6, 6.07) is 11.0. The Morgan fingerprint density at radius 2 is 1.91 bits per heavy atom. The third-order valence-electron chi connectivity index (χ3n) is 7.62. The fraction of sp³-hybridized carbons (Fsp3) is 0.407. The zero-order valence-electron chi connectivity index (χ0n) is 19.9. The van der Waals surface area contributed by atoms with E-state index in [-0.39, 0.29) is 5.91 Å². The molecule has 0 unspecified atom stereocenters. The number of para-hydroxylation sites is 1. The van der Waals surface area contributed by atoms with Gasteiger partial charge in [-0.15, -0.1) is 0 Å². The highest BCUT2D eigenvalue weighted by Gasteiger charge is 2.25. The van der Waals surface area contributed by atoms with Crippen LogP contribution < -0.4 is 5.32 Å². The minimum absolute atomic E-state index is 0.248. The lowest BCUT2D eigenvalue weighted by Gasteiger charge is -2.28. The van der Waals surface area contributed by atoms with Crippen LogP contribution in [0.2, 0.25) is 0 Å². The second kappa shape index (κ2) is 8.92. The van der Waals surface area contributed by atoms with Crippen LogP contribution in [-0.4, -0.2) is 48.6 Å². The first kappa shape index (κ1) is 22.0. The molecule has 0 spiro atoms. The predicted octanol–water partition coefficient (Wildman–Crippen LogP) is 4.35. The van der Waals surface area contributed by atoms with Gasteiger partial charge in [-0.2, -0.15) is 4.98 Å². The van der Waals surface area contributed by atoms with Crippen LogP contribution in [0.25, 0.3) is 21.9 Å². The van der Waals surface area contributed by atoms with E-state index in [4.69, 9.17) is 10.1 Å². The average Bonchev–Trinajstić information content (AvgIpc) is 3.22. The molecule has 3 aromatic heterocycles. The molecule has 2 aliphatic rings. The smallest absolute Gasteiger partial charge is 0.248 e. The van der Waals surface area contributed by atoms with E-state index < -0.39 is 6.61 Å². The third kappa shape index (κ3) is 4.01. The lowest BCUT2D eigenvalue weighted by Crippen LogP contribution is -2.37. The summed E-state index contributed by atoms with van der Waals surface area (Å²) in [5.74, 6) is 1.77. The van der Waals surface area contributed by atoms with Crippen LogP contribution in [-0.2, 0) is 17.8 Å². The summed E-state index contributed by atoms with van der Waals surface area (Å²) in [6.45, 7) is 2.96. The molecule has 1 saturated carbocycles. The summed E-state index contributed by atoms with van der Waals surface area (Å²) < 4.78 is 2.43. The summed E-state index contributed by atoms with van der Waals surface area (Å²) in [4.78, 5) is 27.7. The van der Waals surface area contributed by atoms with E-state index in [9.17, 15) is 4.79 Å². The van der Waals surface area contributed by atoms with Crippen LogP contribution in [0, 0.1) is 5.92 Å². The molecule has 1 amide bonds. The van der Waals surface area contributed by atoms with Gasteiger partial charge in [-0.05, 0) is 61.3 Å². The lowest BCUT2D eigenvalue weighted by molar-refractivity contribution is -0.135. The molecule has 2 N–H and O–H groups in total. The Morgan fingerprint density at radius 1 is 1.09 bits per heavy atom. The molecular formula is C27H30N6O2. The van der Waals surface area contributed by atoms with Crippen molar-refractivity contribution in [1.82, 2.24) is 24.4 Å². The van der Waals surface area contributed by atoms with E-state index in [0.29, 0.717) is 30.9 Å². The molecule has 0 atom stereocenters. The molecule has 35 heavy (non-hydrogen) atoms. The number of aliphatic hydroxyl groups is 1. The van der Waals surface area contributed by atoms with Gasteiger partial charge in [0.05, 0.1) is 5.52 Å². The van der Waals surface area contributed by atoms with Crippen LogP contribution in [0.15, 0.2) is 42.7 Å². The van der Waals surface area contributed by atoms with E-state index in [1.807, 2.05) is 12.3 Å². The van der Waals surface area contributed by atoms with Gasteiger partial charge < -0.3 is 19.9 Å². The topological polar surface area (TPSA) is 96.2 Å². The second-order valence-corrected chi connectivity index (χ2v) is 9.92. The molecule has 4 heterocycles. The number of carbonyl (C=O) groups excluding carboxylic acids is 1. The summed E-state index contributed by atoms with van der Waals surface area (Å²) in [5, 5.41) is 14.7. The van der Waals surface area contributed by atoms with Gasteiger partial charge in [-0.3, -0.25) is 4.79 Å². The second-order valence-electron chi connectivity index (χ2n) is 9.92. The van der Waals surface area contributed by atoms with Crippen LogP contribution >= 0.6 is 0 Å². The van der Waals surface area contributed by atoms with Gasteiger partial charge in [0.15, 0.2) is 0 Å². The van der Waals surface area contributed by atoms with Crippen molar-refractivity contribution in [2.75, 3.05) is 18.5 Å². The van der Waals surface area contributed by atoms with Gasteiger partial charge in [0.25, 0.3) is 0 Å². The van der Waals surface area contributed by atoms with Crippen molar-refractivity contribution in [2.24, 2.45) is 5.92 Å². The number of fused-ring (bicyclic) bond motifs is 4. The third-order valence-corrected chi connectivity index (χ3v) is 7.62. The molecule has 4 aromatic rings. The van der Waals surface area contributed by atoms with E-state index >= 15 is 0 Å². The van der Waals surface area contributed by atoms with Crippen LogP contribution in [0.4, 0.5) is 11.8 Å². The van der Waals surface area contributed by atoms with Crippen molar-refractivity contribution in [3.05, 3.63) is 53.9 Å². The molecular weight excluding hydrogens is 440 g/mol. The number of aliphatic hydroxyl groups excluding tert-OH is 1. The highest BCUT2D eigenvalue weighted by molar-refractivity contribution is 6.06. The summed E-state index contributed by atoms with van der Waals surface area (Å²) in [7, 11) is 0. The number of rotatable bonds is 4. The lowest BCUT2D eigenvalue weighted by atomic mass is 9.87. The van der Waals surface area contributed by atoms with Crippen molar-refractivity contribution < 1.29 is 9.90 Å². The number of nitrogens with zero attached hydrogens (tertiary/aromatic N) is 5. The van der Waals surface area contributed by atoms with E-state index in [0.717, 1.165) is 34.5 Å².